The highest BCUT2D eigenvalue weighted by Crippen LogP contribution is 2.25. The van der Waals surface area contributed by atoms with Crippen LogP contribution >= 0.6 is 11.5 Å². The summed E-state index contributed by atoms with van der Waals surface area (Å²) in [7, 11) is -3.28. The number of ether oxygens (including phenoxy) is 1. The first kappa shape index (κ1) is 23.6. The van der Waals surface area contributed by atoms with E-state index >= 15 is 0 Å². The van der Waals surface area contributed by atoms with Gasteiger partial charge in [-0.2, -0.15) is 0 Å². The van der Waals surface area contributed by atoms with Gasteiger partial charge in [-0.25, -0.2) is 18.6 Å². The van der Waals surface area contributed by atoms with E-state index in [9.17, 15) is 0 Å². The van der Waals surface area contributed by atoms with Gasteiger partial charge < -0.3 is 10.1 Å². The van der Waals surface area contributed by atoms with Crippen LogP contribution in [0.2, 0.25) is 0 Å². The second-order valence-electron chi connectivity index (χ2n) is 6.56. The van der Waals surface area contributed by atoms with Crippen molar-refractivity contribution in [3.05, 3.63) is 84.4 Å². The lowest BCUT2D eigenvalue weighted by Gasteiger charge is -2.17. The molecule has 0 aliphatic carbocycles. The number of hydrogen-bond acceptors (Lipinski definition) is 8. The van der Waals surface area contributed by atoms with E-state index in [1.54, 1.807) is 18.6 Å². The smallest absolute Gasteiger partial charge is 0.350 e. The molecule has 0 atom stereocenters. The van der Waals surface area contributed by atoms with Crippen LogP contribution in [0.15, 0.2) is 78.9 Å². The number of methoxy groups -OCH3 is 1. The van der Waals surface area contributed by atoms with Crippen LogP contribution in [0.4, 0.5) is 10.8 Å². The molecule has 0 saturated heterocycles. The van der Waals surface area contributed by atoms with Crippen LogP contribution in [0.5, 0.6) is 5.75 Å². The zero-order chi connectivity index (χ0) is 23.1. The summed E-state index contributed by atoms with van der Waals surface area (Å²) >= 11 is 1.58. The third-order valence-electron chi connectivity index (χ3n) is 4.22. The van der Waals surface area contributed by atoms with Crippen molar-refractivity contribution in [3.63, 3.8) is 0 Å². The predicted molar refractivity (Wildman–Crippen MR) is 110 cm³/mol. The molecule has 8 nitrogen and oxygen atoms in total. The zero-order valence-electron chi connectivity index (χ0n) is 17.2. The lowest BCUT2D eigenvalue weighted by atomic mass is 10.2. The fraction of sp³-hybridized carbons (Fsp3) is 0.0909. The SMILES string of the molecule is COc1ccc(Nc2nc(-c3ccccc3)[n+](-c3ccc(C)cc3)s2)cc1.[O-][Cl+3]([O-])([O-])[O-]. The van der Waals surface area contributed by atoms with Gasteiger partial charge in [0.25, 0.3) is 0 Å². The van der Waals surface area contributed by atoms with Crippen molar-refractivity contribution in [1.82, 2.24) is 4.98 Å². The fourth-order valence-electron chi connectivity index (χ4n) is 2.76. The first-order valence-corrected chi connectivity index (χ1v) is 11.3. The van der Waals surface area contributed by atoms with Gasteiger partial charge in [0.1, 0.15) is 23.0 Å². The Morgan fingerprint density at radius 1 is 0.875 bits per heavy atom. The molecular weight excluding hydrogens is 454 g/mol. The van der Waals surface area contributed by atoms with E-state index in [4.69, 9.17) is 28.4 Å². The molecule has 1 N–H and O–H groups in total. The average Bonchev–Trinajstić information content (AvgIpc) is 3.18. The van der Waals surface area contributed by atoms with E-state index in [-0.39, 0.29) is 0 Å². The minimum atomic E-state index is -4.94. The first-order chi connectivity index (χ1) is 15.2. The number of nitrogens with zero attached hydrogens (tertiary/aromatic N) is 2. The Morgan fingerprint density at radius 3 is 2.03 bits per heavy atom. The molecule has 4 aromatic rings. The van der Waals surface area contributed by atoms with Gasteiger partial charge in [-0.1, -0.05) is 35.9 Å². The molecule has 0 radical (unpaired) electrons. The summed E-state index contributed by atoms with van der Waals surface area (Å²) in [5, 5.41) is 4.23. The Balaban J connectivity index is 0.000000523. The summed E-state index contributed by atoms with van der Waals surface area (Å²) in [5.41, 5.74) is 4.39. The highest BCUT2D eigenvalue weighted by atomic mass is 35.7. The second-order valence-corrected chi connectivity index (χ2v) is 8.25. The van der Waals surface area contributed by atoms with E-state index in [0.29, 0.717) is 0 Å². The second kappa shape index (κ2) is 10.5. The van der Waals surface area contributed by atoms with Gasteiger partial charge in [0.15, 0.2) is 0 Å². The molecule has 0 aliphatic heterocycles. The standard InChI is InChI=1S/C22H19N3OS.ClHO4/c1-16-8-12-19(13-9-16)25-21(17-6-4-3-5-7-17)24-22(27-25)23-18-10-14-20(26-2)15-11-18;2-1(3,4)5/h3-15H,1-2H3;(H,2,3,4,5). The molecule has 10 heteroatoms. The van der Waals surface area contributed by atoms with Crippen molar-refractivity contribution in [2.75, 3.05) is 12.4 Å². The highest BCUT2D eigenvalue weighted by Gasteiger charge is 2.24. The summed E-state index contributed by atoms with van der Waals surface area (Å²) < 4.78 is 41.3. The Kier molecular flexibility index (Phi) is 7.75. The molecule has 1 heterocycles. The first-order valence-electron chi connectivity index (χ1n) is 9.31. The largest absolute Gasteiger partial charge is 0.497 e. The van der Waals surface area contributed by atoms with Crippen molar-refractivity contribution in [3.8, 4) is 22.8 Å². The minimum Gasteiger partial charge on any atom is -0.497 e. The number of aryl methyl sites for hydroxylation is 1. The normalized spacial score (nSPS) is 10.8. The summed E-state index contributed by atoms with van der Waals surface area (Å²) in [4.78, 5) is 4.86. The number of nitrogens with one attached hydrogen (secondary N) is 1. The number of aromatic nitrogens is 2. The molecule has 0 spiro atoms. The van der Waals surface area contributed by atoms with Crippen molar-refractivity contribution >= 4 is 22.4 Å². The van der Waals surface area contributed by atoms with Crippen LogP contribution in [0, 0.1) is 17.2 Å². The number of halogens is 1. The van der Waals surface area contributed by atoms with Crippen molar-refractivity contribution in [2.45, 2.75) is 6.92 Å². The number of hydrogen-bond donors (Lipinski definition) is 1. The Bertz CT molecular complexity index is 1130. The van der Waals surface area contributed by atoms with E-state index in [1.807, 2.05) is 42.5 Å². The van der Waals surface area contributed by atoms with Crippen LogP contribution in [0.3, 0.4) is 0 Å². The van der Waals surface area contributed by atoms with Gasteiger partial charge in [0.2, 0.25) is 0 Å². The van der Waals surface area contributed by atoms with E-state index in [2.05, 4.69) is 52.6 Å². The maximum Gasteiger partial charge on any atom is 0.350 e. The molecule has 0 fully saturated rings. The molecule has 3 aromatic carbocycles. The third kappa shape index (κ3) is 6.99. The topological polar surface area (TPSA) is 130 Å². The minimum absolute atomic E-state index is 0.833. The van der Waals surface area contributed by atoms with Crippen molar-refractivity contribution in [1.29, 1.82) is 0 Å². The maximum absolute atomic E-state index is 8.49. The molecule has 0 saturated carbocycles. The van der Waals surface area contributed by atoms with Crippen LogP contribution < -0.4 is 32.6 Å². The molecule has 166 valence electrons. The maximum atomic E-state index is 8.49. The van der Waals surface area contributed by atoms with E-state index in [1.165, 1.54) is 5.56 Å². The quantitative estimate of drug-likeness (QED) is 0.415. The van der Waals surface area contributed by atoms with Gasteiger partial charge in [0.05, 0.1) is 12.7 Å². The van der Waals surface area contributed by atoms with Crippen LogP contribution in [-0.4, -0.2) is 12.1 Å². The monoisotopic (exact) mass is 473 g/mol. The molecule has 0 amide bonds. The fourth-order valence-corrected chi connectivity index (χ4v) is 3.69. The summed E-state index contributed by atoms with van der Waals surface area (Å²) in [6, 6.07) is 26.6. The highest BCUT2D eigenvalue weighted by molar-refractivity contribution is 7.06. The van der Waals surface area contributed by atoms with Crippen LogP contribution in [0.25, 0.3) is 17.1 Å². The lowest BCUT2D eigenvalue weighted by molar-refractivity contribution is -2.00. The van der Waals surface area contributed by atoms with Crippen molar-refractivity contribution in [2.24, 2.45) is 0 Å². The number of anilines is 2. The number of rotatable bonds is 5. The van der Waals surface area contributed by atoms with Crippen LogP contribution in [-0.2, 0) is 0 Å². The Hall–Kier alpha value is -3.05. The van der Waals surface area contributed by atoms with Gasteiger partial charge >= 0.3 is 11.0 Å². The Morgan fingerprint density at radius 2 is 1.47 bits per heavy atom. The van der Waals surface area contributed by atoms with E-state index < -0.39 is 10.2 Å². The van der Waals surface area contributed by atoms with Gasteiger partial charge in [-0.05, 0) is 60.4 Å². The Labute approximate surface area is 191 Å². The van der Waals surface area contributed by atoms with Gasteiger partial charge in [-0.3, -0.25) is 0 Å². The van der Waals surface area contributed by atoms with Gasteiger partial charge in [0, 0.05) is 5.69 Å². The molecule has 4 rings (SSSR count). The van der Waals surface area contributed by atoms with Gasteiger partial charge in [-0.15, -0.1) is 14.2 Å². The summed E-state index contributed by atoms with van der Waals surface area (Å²) in [6.45, 7) is 2.09. The zero-order valence-corrected chi connectivity index (χ0v) is 18.8. The molecule has 32 heavy (non-hydrogen) atoms. The average molecular weight is 474 g/mol. The molecule has 0 unspecified atom stereocenters. The molecular formula is C22H20ClN3O5S. The summed E-state index contributed by atoms with van der Waals surface area (Å²) in [6.07, 6.45) is 0. The summed E-state index contributed by atoms with van der Waals surface area (Å²) in [5.74, 6) is 1.75. The van der Waals surface area contributed by atoms with E-state index in [0.717, 1.165) is 33.6 Å². The molecule has 0 aliphatic rings. The van der Waals surface area contributed by atoms with Crippen molar-refractivity contribution < 1.29 is 37.6 Å². The molecule has 0 bridgehead atoms. The lowest BCUT2D eigenvalue weighted by Crippen LogP contribution is -2.68. The predicted octanol–water partition coefficient (Wildman–Crippen LogP) is 0.391. The molecule has 1 aromatic heterocycles. The number of benzene rings is 3. The van der Waals surface area contributed by atoms with Crippen LogP contribution in [0.1, 0.15) is 5.56 Å². The third-order valence-corrected chi connectivity index (χ3v) is 5.15.